The lowest BCUT2D eigenvalue weighted by Crippen LogP contribution is -2.18. The molecule has 0 aliphatic heterocycles. The minimum atomic E-state index is -0.280. The fourth-order valence-corrected chi connectivity index (χ4v) is 0.684. The van der Waals surface area contributed by atoms with E-state index in [2.05, 4.69) is 0 Å². The minimum Gasteiger partial charge on any atom is -0.395 e. The molecule has 0 aromatic heterocycles. The van der Waals surface area contributed by atoms with Crippen molar-refractivity contribution in [3.63, 3.8) is 0 Å². The Bertz CT molecular complexity index is 235. The molecule has 3 heteroatoms. The molecule has 1 rings (SSSR count). The van der Waals surface area contributed by atoms with E-state index in [4.69, 9.17) is 5.73 Å². The molecule has 10 heavy (non-hydrogen) atoms. The van der Waals surface area contributed by atoms with Crippen molar-refractivity contribution in [2.75, 3.05) is 0 Å². The van der Waals surface area contributed by atoms with Gasteiger partial charge in [0.2, 0.25) is 5.78 Å². The maximum atomic E-state index is 10.8. The molecule has 0 aromatic rings. The highest BCUT2D eigenvalue weighted by atomic mass is 16.1. The van der Waals surface area contributed by atoms with E-state index in [1.807, 2.05) is 0 Å². The molecule has 0 saturated heterocycles. The zero-order chi connectivity index (χ0) is 7.72. The molecule has 0 radical (unpaired) electrons. The summed E-state index contributed by atoms with van der Waals surface area (Å²) >= 11 is 0. The summed E-state index contributed by atoms with van der Waals surface area (Å²) in [5.41, 5.74) is 5.67. The highest BCUT2D eigenvalue weighted by Crippen LogP contribution is 2.07. The van der Waals surface area contributed by atoms with Gasteiger partial charge < -0.3 is 5.73 Å². The number of allylic oxidation sites excluding steroid dienone is 3. The SMILES string of the molecule is CC1=C(N)C(=O)C=CC1=O. The summed E-state index contributed by atoms with van der Waals surface area (Å²) in [5.74, 6) is -0.464. The highest BCUT2D eigenvalue weighted by Gasteiger charge is 2.15. The van der Waals surface area contributed by atoms with Crippen LogP contribution < -0.4 is 5.73 Å². The largest absolute Gasteiger partial charge is 0.395 e. The van der Waals surface area contributed by atoms with Crippen LogP contribution in [0.3, 0.4) is 0 Å². The average Bonchev–Trinajstić information content (AvgIpc) is 1.93. The van der Waals surface area contributed by atoms with E-state index in [-0.39, 0.29) is 17.3 Å². The minimum absolute atomic E-state index is 0.0625. The Morgan fingerprint density at radius 2 is 1.70 bits per heavy atom. The van der Waals surface area contributed by atoms with Crippen molar-refractivity contribution in [2.45, 2.75) is 6.92 Å². The first-order valence-corrected chi connectivity index (χ1v) is 2.86. The normalized spacial score (nSPS) is 18.5. The number of rotatable bonds is 0. The monoisotopic (exact) mass is 137 g/mol. The van der Waals surface area contributed by atoms with Gasteiger partial charge >= 0.3 is 0 Å². The van der Waals surface area contributed by atoms with E-state index in [1.165, 1.54) is 12.2 Å². The van der Waals surface area contributed by atoms with Gasteiger partial charge in [-0.15, -0.1) is 0 Å². The average molecular weight is 137 g/mol. The first-order valence-electron chi connectivity index (χ1n) is 2.86. The smallest absolute Gasteiger partial charge is 0.201 e. The third-order valence-corrected chi connectivity index (χ3v) is 1.43. The van der Waals surface area contributed by atoms with Gasteiger partial charge in [0.1, 0.15) is 0 Å². The summed E-state index contributed by atoms with van der Waals surface area (Å²) < 4.78 is 0. The third-order valence-electron chi connectivity index (χ3n) is 1.43. The van der Waals surface area contributed by atoms with Crippen LogP contribution in [0.2, 0.25) is 0 Å². The Kier molecular flexibility index (Phi) is 1.41. The van der Waals surface area contributed by atoms with Gasteiger partial charge in [-0.25, -0.2) is 0 Å². The first kappa shape index (κ1) is 6.74. The van der Waals surface area contributed by atoms with Gasteiger partial charge in [0.15, 0.2) is 5.78 Å². The first-order chi connectivity index (χ1) is 4.63. The van der Waals surface area contributed by atoms with Crippen molar-refractivity contribution in [3.8, 4) is 0 Å². The quantitative estimate of drug-likeness (QED) is 0.475. The third kappa shape index (κ3) is 0.857. The van der Waals surface area contributed by atoms with Gasteiger partial charge in [0.05, 0.1) is 5.70 Å². The maximum Gasteiger partial charge on any atom is 0.201 e. The second-order valence-electron chi connectivity index (χ2n) is 2.10. The Morgan fingerprint density at radius 3 is 2.20 bits per heavy atom. The van der Waals surface area contributed by atoms with Crippen LogP contribution in [0.4, 0.5) is 0 Å². The number of hydrogen-bond donors (Lipinski definition) is 1. The molecule has 3 nitrogen and oxygen atoms in total. The molecule has 52 valence electrons. The van der Waals surface area contributed by atoms with Crippen molar-refractivity contribution < 1.29 is 9.59 Å². The number of hydrogen-bond acceptors (Lipinski definition) is 3. The van der Waals surface area contributed by atoms with E-state index >= 15 is 0 Å². The van der Waals surface area contributed by atoms with Gasteiger partial charge in [-0.2, -0.15) is 0 Å². The Hall–Kier alpha value is -1.38. The number of nitrogens with two attached hydrogens (primary N) is 1. The van der Waals surface area contributed by atoms with Crippen molar-refractivity contribution in [2.24, 2.45) is 5.73 Å². The predicted molar refractivity (Wildman–Crippen MR) is 36.0 cm³/mol. The molecular weight excluding hydrogens is 130 g/mol. The molecule has 0 saturated carbocycles. The van der Waals surface area contributed by atoms with Crippen LogP contribution in [0, 0.1) is 0 Å². The van der Waals surface area contributed by atoms with Crippen molar-refractivity contribution in [1.82, 2.24) is 0 Å². The van der Waals surface area contributed by atoms with Gasteiger partial charge in [0.25, 0.3) is 0 Å². The van der Waals surface area contributed by atoms with E-state index < -0.39 is 0 Å². The molecule has 0 fully saturated rings. The zero-order valence-electron chi connectivity index (χ0n) is 5.55. The Balaban J connectivity index is 3.12. The summed E-state index contributed by atoms with van der Waals surface area (Å²) in [4.78, 5) is 21.5. The van der Waals surface area contributed by atoms with Gasteiger partial charge in [-0.1, -0.05) is 0 Å². The van der Waals surface area contributed by atoms with Crippen molar-refractivity contribution >= 4 is 11.6 Å². The highest BCUT2D eigenvalue weighted by molar-refractivity contribution is 6.19. The lowest BCUT2D eigenvalue weighted by molar-refractivity contribution is -0.115. The van der Waals surface area contributed by atoms with E-state index in [0.717, 1.165) is 0 Å². The second-order valence-corrected chi connectivity index (χ2v) is 2.10. The number of ketones is 2. The lowest BCUT2D eigenvalue weighted by atomic mass is 10.0. The number of carbonyl (C=O) groups excluding carboxylic acids is 2. The topological polar surface area (TPSA) is 60.2 Å². The van der Waals surface area contributed by atoms with Gasteiger partial charge in [-0.05, 0) is 19.1 Å². The molecule has 0 aromatic carbocycles. The molecular formula is C7H7NO2. The molecule has 0 bridgehead atoms. The molecule has 1 aliphatic rings. The molecule has 0 atom stereocenters. The summed E-state index contributed by atoms with van der Waals surface area (Å²) in [7, 11) is 0. The molecule has 2 N–H and O–H groups in total. The molecule has 0 spiro atoms. The summed E-state index contributed by atoms with van der Waals surface area (Å²) in [6, 6.07) is 0. The van der Waals surface area contributed by atoms with Gasteiger partial charge in [0, 0.05) is 5.57 Å². The van der Waals surface area contributed by atoms with Crippen LogP contribution in [0.1, 0.15) is 6.92 Å². The number of carbonyl (C=O) groups is 2. The lowest BCUT2D eigenvalue weighted by Gasteiger charge is -2.04. The maximum absolute atomic E-state index is 10.8. The molecule has 0 heterocycles. The van der Waals surface area contributed by atoms with Gasteiger partial charge in [-0.3, -0.25) is 9.59 Å². The van der Waals surface area contributed by atoms with Crippen LogP contribution >= 0.6 is 0 Å². The Morgan fingerprint density at radius 1 is 1.20 bits per heavy atom. The van der Waals surface area contributed by atoms with Crippen molar-refractivity contribution in [1.29, 1.82) is 0 Å². The summed E-state index contributed by atoms with van der Waals surface area (Å²) in [6.45, 7) is 1.54. The second kappa shape index (κ2) is 2.10. The fourth-order valence-electron chi connectivity index (χ4n) is 0.684. The van der Waals surface area contributed by atoms with Crippen LogP contribution in [0.15, 0.2) is 23.4 Å². The van der Waals surface area contributed by atoms with Crippen LogP contribution in [-0.4, -0.2) is 11.6 Å². The molecule has 0 amide bonds. The zero-order valence-corrected chi connectivity index (χ0v) is 5.55. The van der Waals surface area contributed by atoms with Crippen molar-refractivity contribution in [3.05, 3.63) is 23.4 Å². The summed E-state index contributed by atoms with van der Waals surface area (Å²) in [5, 5.41) is 0. The van der Waals surface area contributed by atoms with E-state index in [0.29, 0.717) is 5.57 Å². The molecule has 0 unspecified atom stereocenters. The fraction of sp³-hybridized carbons (Fsp3) is 0.143. The van der Waals surface area contributed by atoms with Crippen LogP contribution in [0.5, 0.6) is 0 Å². The molecule has 1 aliphatic carbocycles. The van der Waals surface area contributed by atoms with Crippen LogP contribution in [-0.2, 0) is 9.59 Å². The van der Waals surface area contributed by atoms with Crippen LogP contribution in [0.25, 0.3) is 0 Å². The summed E-state index contributed by atoms with van der Waals surface area (Å²) in [6.07, 6.45) is 2.42. The van der Waals surface area contributed by atoms with E-state index in [1.54, 1.807) is 6.92 Å². The standard InChI is InChI=1S/C7H7NO2/c1-4-5(9)2-3-6(10)7(4)8/h2-3H,8H2,1H3. The predicted octanol–water partition coefficient (Wildman–Crippen LogP) is -0.0729. The Labute approximate surface area is 58.2 Å². The van der Waals surface area contributed by atoms with E-state index in [9.17, 15) is 9.59 Å².